The number of carbonyl (C=O) groups is 2. The summed E-state index contributed by atoms with van der Waals surface area (Å²) in [6.07, 6.45) is -1.13. The Hall–Kier alpha value is -3.85. The number of ether oxygens (including phenoxy) is 1. The first kappa shape index (κ1) is 21.4. The van der Waals surface area contributed by atoms with Crippen molar-refractivity contribution in [2.45, 2.75) is 11.9 Å². The van der Waals surface area contributed by atoms with Crippen molar-refractivity contribution in [2.24, 2.45) is 5.73 Å². The Morgan fingerprint density at radius 3 is 2.38 bits per heavy atom. The molecule has 0 saturated heterocycles. The smallest absolute Gasteiger partial charge is 0.267 e. The molecule has 1 aliphatic rings. The van der Waals surface area contributed by atoms with Crippen molar-refractivity contribution in [3.8, 4) is 5.75 Å². The molecule has 1 atom stereocenters. The van der Waals surface area contributed by atoms with E-state index in [4.69, 9.17) is 10.5 Å². The quantitative estimate of drug-likeness (QED) is 0.597. The first-order valence-electron chi connectivity index (χ1n) is 9.85. The van der Waals surface area contributed by atoms with Gasteiger partial charge in [0.15, 0.2) is 6.10 Å². The molecular formula is C23H21N3O5S. The number of anilines is 2. The predicted molar refractivity (Wildman–Crippen MR) is 121 cm³/mol. The van der Waals surface area contributed by atoms with Crippen LogP contribution >= 0.6 is 0 Å². The number of hydrogen-bond donors (Lipinski definition) is 2. The molecule has 2 amide bonds. The minimum absolute atomic E-state index is 0.144. The number of nitrogens with zero attached hydrogens (tertiary/aromatic N) is 1. The first-order valence-corrected chi connectivity index (χ1v) is 11.5. The predicted octanol–water partition coefficient (Wildman–Crippen LogP) is 2.52. The molecule has 3 N–H and O–H groups in total. The Morgan fingerprint density at radius 2 is 1.62 bits per heavy atom. The van der Waals surface area contributed by atoms with E-state index in [1.165, 1.54) is 10.4 Å². The van der Waals surface area contributed by atoms with Gasteiger partial charge in [-0.2, -0.15) is 0 Å². The molecule has 1 aliphatic heterocycles. The van der Waals surface area contributed by atoms with Crippen molar-refractivity contribution in [2.75, 3.05) is 16.2 Å². The van der Waals surface area contributed by atoms with Crippen LogP contribution in [-0.2, 0) is 20.6 Å². The summed E-state index contributed by atoms with van der Waals surface area (Å²) in [6, 6.07) is 21.8. The average molecular weight is 452 g/mol. The highest BCUT2D eigenvalue weighted by Gasteiger charge is 2.37. The molecule has 0 fully saturated rings. The lowest BCUT2D eigenvalue weighted by Crippen LogP contribution is -2.49. The van der Waals surface area contributed by atoms with Gasteiger partial charge in [0.05, 0.1) is 29.2 Å². The van der Waals surface area contributed by atoms with Crippen LogP contribution in [0.5, 0.6) is 5.75 Å². The Morgan fingerprint density at radius 1 is 0.969 bits per heavy atom. The molecule has 0 aromatic heterocycles. The summed E-state index contributed by atoms with van der Waals surface area (Å²) in [7, 11) is -3.81. The van der Waals surface area contributed by atoms with Crippen LogP contribution in [0.3, 0.4) is 0 Å². The summed E-state index contributed by atoms with van der Waals surface area (Å²) in [5.74, 6) is -1.23. The Bertz CT molecular complexity index is 1260. The molecule has 1 heterocycles. The number of fused-ring (bicyclic) bond motifs is 1. The highest BCUT2D eigenvalue weighted by Crippen LogP contribution is 2.36. The van der Waals surface area contributed by atoms with Crippen LogP contribution in [0.4, 0.5) is 11.4 Å². The van der Waals surface area contributed by atoms with E-state index in [1.54, 1.807) is 66.7 Å². The summed E-state index contributed by atoms with van der Waals surface area (Å²) < 4.78 is 33.5. The first-order chi connectivity index (χ1) is 15.3. The van der Waals surface area contributed by atoms with Gasteiger partial charge >= 0.3 is 0 Å². The highest BCUT2D eigenvalue weighted by molar-refractivity contribution is 7.92. The molecule has 3 aromatic carbocycles. The maximum Gasteiger partial charge on any atom is 0.267 e. The van der Waals surface area contributed by atoms with Crippen molar-refractivity contribution < 1.29 is 22.7 Å². The lowest BCUT2D eigenvalue weighted by Gasteiger charge is -2.34. The fourth-order valence-corrected chi connectivity index (χ4v) is 5.07. The summed E-state index contributed by atoms with van der Waals surface area (Å²) in [5.41, 5.74) is 6.75. The summed E-state index contributed by atoms with van der Waals surface area (Å²) in [5, 5.41) is 2.63. The zero-order chi connectivity index (χ0) is 22.7. The van der Waals surface area contributed by atoms with Crippen LogP contribution in [0.15, 0.2) is 78.9 Å². The van der Waals surface area contributed by atoms with Crippen molar-refractivity contribution >= 4 is 33.2 Å². The summed E-state index contributed by atoms with van der Waals surface area (Å²) >= 11 is 0. The number of benzene rings is 3. The zero-order valence-corrected chi connectivity index (χ0v) is 17.8. The maximum absolute atomic E-state index is 13.3. The largest absolute Gasteiger partial charge is 0.476 e. The molecule has 4 rings (SSSR count). The Kier molecular flexibility index (Phi) is 5.83. The van der Waals surface area contributed by atoms with Crippen LogP contribution < -0.4 is 20.1 Å². The Balaban J connectivity index is 1.62. The molecule has 3 aromatic rings. The van der Waals surface area contributed by atoms with E-state index in [9.17, 15) is 18.0 Å². The minimum atomic E-state index is -3.81. The van der Waals surface area contributed by atoms with E-state index in [1.807, 2.05) is 6.07 Å². The zero-order valence-electron chi connectivity index (χ0n) is 17.0. The number of primary amides is 1. The molecule has 1 unspecified atom stereocenters. The third kappa shape index (κ3) is 4.42. The molecule has 164 valence electrons. The van der Waals surface area contributed by atoms with Crippen molar-refractivity contribution in [3.05, 3.63) is 90.0 Å². The number of nitrogens with two attached hydrogens (primary N) is 1. The molecule has 8 nitrogen and oxygen atoms in total. The number of para-hydroxylation sites is 3. The van der Waals surface area contributed by atoms with Crippen LogP contribution in [0, 0.1) is 0 Å². The number of rotatable bonds is 6. The molecule has 0 aliphatic carbocycles. The number of carbonyl (C=O) groups excluding carboxylic acids is 2. The molecule has 0 saturated carbocycles. The number of sulfonamides is 1. The monoisotopic (exact) mass is 451 g/mol. The van der Waals surface area contributed by atoms with E-state index in [0.29, 0.717) is 11.3 Å². The number of hydrogen-bond acceptors (Lipinski definition) is 5. The molecule has 32 heavy (non-hydrogen) atoms. The van der Waals surface area contributed by atoms with Gasteiger partial charge in [0.2, 0.25) is 10.0 Å². The second-order valence-corrected chi connectivity index (χ2v) is 9.14. The Labute approximate surface area is 185 Å². The molecule has 0 radical (unpaired) electrons. The van der Waals surface area contributed by atoms with E-state index in [-0.39, 0.29) is 29.3 Å². The van der Waals surface area contributed by atoms with Crippen molar-refractivity contribution in [3.63, 3.8) is 0 Å². The van der Waals surface area contributed by atoms with Crippen LogP contribution in [0.25, 0.3) is 0 Å². The highest BCUT2D eigenvalue weighted by atomic mass is 32.2. The number of nitrogens with one attached hydrogen (secondary N) is 1. The van der Waals surface area contributed by atoms with Gasteiger partial charge in [-0.15, -0.1) is 0 Å². The van der Waals surface area contributed by atoms with Gasteiger partial charge in [-0.05, 0) is 29.8 Å². The van der Waals surface area contributed by atoms with E-state index in [0.717, 1.165) is 0 Å². The third-order valence-corrected chi connectivity index (χ3v) is 6.72. The maximum atomic E-state index is 13.3. The lowest BCUT2D eigenvalue weighted by molar-refractivity contribution is -0.122. The normalized spacial score (nSPS) is 15.4. The third-order valence-electron chi connectivity index (χ3n) is 5.01. The summed E-state index contributed by atoms with van der Waals surface area (Å²) in [4.78, 5) is 24.6. The van der Waals surface area contributed by atoms with E-state index < -0.39 is 27.9 Å². The van der Waals surface area contributed by atoms with Crippen molar-refractivity contribution in [1.29, 1.82) is 0 Å². The SMILES string of the molecule is NC(=O)c1ccccc1NC(=O)C1CN(S(=O)(=O)Cc2ccccc2)c2ccccc2O1. The van der Waals surface area contributed by atoms with Gasteiger partial charge in [-0.3, -0.25) is 13.9 Å². The van der Waals surface area contributed by atoms with Crippen molar-refractivity contribution in [1.82, 2.24) is 0 Å². The average Bonchev–Trinajstić information content (AvgIpc) is 2.79. The number of amides is 2. The van der Waals surface area contributed by atoms with Crippen LogP contribution in [0.2, 0.25) is 0 Å². The molecule has 9 heteroatoms. The topological polar surface area (TPSA) is 119 Å². The van der Waals surface area contributed by atoms with E-state index in [2.05, 4.69) is 5.32 Å². The second-order valence-electron chi connectivity index (χ2n) is 7.25. The fraction of sp³-hybridized carbons (Fsp3) is 0.130. The van der Waals surface area contributed by atoms with Gasteiger partial charge in [0, 0.05) is 0 Å². The van der Waals surface area contributed by atoms with Crippen LogP contribution in [-0.4, -0.2) is 32.9 Å². The van der Waals surface area contributed by atoms with E-state index >= 15 is 0 Å². The minimum Gasteiger partial charge on any atom is -0.476 e. The van der Waals surface area contributed by atoms with Crippen LogP contribution in [0.1, 0.15) is 15.9 Å². The van der Waals surface area contributed by atoms with Gasteiger partial charge < -0.3 is 15.8 Å². The molecular weight excluding hydrogens is 430 g/mol. The molecule has 0 bridgehead atoms. The van der Waals surface area contributed by atoms with Gasteiger partial charge in [0.25, 0.3) is 11.8 Å². The fourth-order valence-electron chi connectivity index (χ4n) is 3.49. The van der Waals surface area contributed by atoms with Gasteiger partial charge in [-0.25, -0.2) is 8.42 Å². The van der Waals surface area contributed by atoms with Gasteiger partial charge in [0.1, 0.15) is 5.75 Å². The lowest BCUT2D eigenvalue weighted by atomic mass is 10.1. The second kappa shape index (κ2) is 8.72. The summed E-state index contributed by atoms with van der Waals surface area (Å²) in [6.45, 7) is -0.212. The standard InChI is InChI=1S/C23H21N3O5S/c24-22(27)17-10-4-5-11-18(17)25-23(28)21-14-26(19-12-6-7-13-20(19)31-21)32(29,30)15-16-8-2-1-3-9-16/h1-13,21H,14-15H2,(H2,24,27)(H,25,28). The molecule has 0 spiro atoms. The van der Waals surface area contributed by atoms with Gasteiger partial charge in [-0.1, -0.05) is 54.6 Å².